The average Bonchev–Trinajstić information content (AvgIpc) is 2.64. The molecule has 4 nitrogen and oxygen atoms in total. The van der Waals surface area contributed by atoms with Crippen molar-refractivity contribution in [2.45, 2.75) is 26.2 Å². The van der Waals surface area contributed by atoms with Crippen molar-refractivity contribution in [2.24, 2.45) is 0 Å². The highest BCUT2D eigenvalue weighted by molar-refractivity contribution is 5.68. The summed E-state index contributed by atoms with van der Waals surface area (Å²) in [6, 6.07) is 0. The van der Waals surface area contributed by atoms with E-state index >= 15 is 0 Å². The summed E-state index contributed by atoms with van der Waals surface area (Å²) in [5, 5.41) is 3.57. The first-order valence-corrected chi connectivity index (χ1v) is 4.36. The molecule has 0 fully saturated rings. The van der Waals surface area contributed by atoms with Crippen molar-refractivity contribution in [1.29, 1.82) is 0 Å². The minimum atomic E-state index is -0.148. The van der Waals surface area contributed by atoms with Crippen LogP contribution in [0.3, 0.4) is 0 Å². The first kappa shape index (κ1) is 9.77. The normalized spacial score (nSPS) is 9.92. The van der Waals surface area contributed by atoms with Crippen molar-refractivity contribution in [3.05, 3.63) is 18.0 Å². The summed E-state index contributed by atoms with van der Waals surface area (Å²) in [4.78, 5) is 10.7. The number of ether oxygens (including phenoxy) is 1. The summed E-state index contributed by atoms with van der Waals surface area (Å²) in [6.45, 7) is 2.25. The Labute approximate surface area is 76.9 Å². The quantitative estimate of drug-likeness (QED) is 0.513. The second kappa shape index (κ2) is 5.35. The standard InChI is InChI=1S/C9H13NO3/c1-2-9(11)12-5-3-4-8-6-10-13-7-8/h6-7H,2-5H2,1H3. The number of carbonyl (C=O) groups excluding carboxylic acids is 1. The molecule has 1 heterocycles. The van der Waals surface area contributed by atoms with E-state index in [1.807, 2.05) is 0 Å². The molecular formula is C9H13NO3. The van der Waals surface area contributed by atoms with Gasteiger partial charge in [-0.25, -0.2) is 0 Å². The lowest BCUT2D eigenvalue weighted by Gasteiger charge is -2.00. The van der Waals surface area contributed by atoms with Crippen LogP contribution in [-0.4, -0.2) is 17.7 Å². The Hall–Kier alpha value is -1.32. The highest BCUT2D eigenvalue weighted by atomic mass is 16.5. The van der Waals surface area contributed by atoms with Crippen molar-refractivity contribution in [3.8, 4) is 0 Å². The summed E-state index contributed by atoms with van der Waals surface area (Å²) >= 11 is 0. The lowest BCUT2D eigenvalue weighted by Crippen LogP contribution is -2.04. The SMILES string of the molecule is CCC(=O)OCCCc1cnoc1. The lowest BCUT2D eigenvalue weighted by atomic mass is 10.2. The molecule has 0 aliphatic carbocycles. The van der Waals surface area contributed by atoms with Crippen molar-refractivity contribution in [3.63, 3.8) is 0 Å². The van der Waals surface area contributed by atoms with Gasteiger partial charge in [-0.2, -0.15) is 0 Å². The molecule has 72 valence electrons. The van der Waals surface area contributed by atoms with Crippen LogP contribution < -0.4 is 0 Å². The van der Waals surface area contributed by atoms with E-state index in [0.717, 1.165) is 18.4 Å². The van der Waals surface area contributed by atoms with Crippen LogP contribution in [-0.2, 0) is 16.0 Å². The molecular weight excluding hydrogens is 170 g/mol. The number of carbonyl (C=O) groups is 1. The van der Waals surface area contributed by atoms with Gasteiger partial charge in [-0.15, -0.1) is 0 Å². The Kier molecular flexibility index (Phi) is 4.02. The zero-order valence-electron chi connectivity index (χ0n) is 7.66. The van der Waals surface area contributed by atoms with Crippen molar-refractivity contribution >= 4 is 5.97 Å². The molecule has 0 bridgehead atoms. The summed E-state index contributed by atoms with van der Waals surface area (Å²) in [7, 11) is 0. The Bertz CT molecular complexity index is 243. The Morgan fingerprint density at radius 3 is 3.15 bits per heavy atom. The number of nitrogens with zero attached hydrogens (tertiary/aromatic N) is 1. The third-order valence-electron chi connectivity index (χ3n) is 1.64. The Morgan fingerprint density at radius 2 is 2.54 bits per heavy atom. The molecule has 0 unspecified atom stereocenters. The second-order valence-electron chi connectivity index (χ2n) is 2.71. The van der Waals surface area contributed by atoms with E-state index in [-0.39, 0.29) is 5.97 Å². The lowest BCUT2D eigenvalue weighted by molar-refractivity contribution is -0.143. The molecule has 4 heteroatoms. The predicted octanol–water partition coefficient (Wildman–Crippen LogP) is 1.56. The van der Waals surface area contributed by atoms with Crippen LogP contribution >= 0.6 is 0 Å². The Morgan fingerprint density at radius 1 is 1.69 bits per heavy atom. The number of hydrogen-bond donors (Lipinski definition) is 0. The van der Waals surface area contributed by atoms with Crippen LogP contribution in [0.5, 0.6) is 0 Å². The maximum atomic E-state index is 10.7. The molecule has 0 aromatic carbocycles. The average molecular weight is 183 g/mol. The van der Waals surface area contributed by atoms with Crippen LogP contribution in [0.4, 0.5) is 0 Å². The van der Waals surface area contributed by atoms with Gasteiger partial charge in [-0.1, -0.05) is 12.1 Å². The molecule has 1 rings (SSSR count). The van der Waals surface area contributed by atoms with E-state index in [9.17, 15) is 4.79 Å². The van der Waals surface area contributed by atoms with Gasteiger partial charge in [0.05, 0.1) is 12.8 Å². The topological polar surface area (TPSA) is 52.3 Å². The molecule has 0 atom stereocenters. The van der Waals surface area contributed by atoms with Gasteiger partial charge >= 0.3 is 5.97 Å². The summed E-state index contributed by atoms with van der Waals surface area (Å²) in [5.41, 5.74) is 1.03. The van der Waals surface area contributed by atoms with Crippen molar-refractivity contribution < 1.29 is 14.1 Å². The predicted molar refractivity (Wildman–Crippen MR) is 46.1 cm³/mol. The molecule has 0 amide bonds. The largest absolute Gasteiger partial charge is 0.466 e. The van der Waals surface area contributed by atoms with Gasteiger partial charge < -0.3 is 9.26 Å². The minimum absolute atomic E-state index is 0.148. The van der Waals surface area contributed by atoms with Gasteiger partial charge in [0.15, 0.2) is 0 Å². The second-order valence-corrected chi connectivity index (χ2v) is 2.71. The van der Waals surface area contributed by atoms with Crippen LogP contribution in [0.25, 0.3) is 0 Å². The van der Waals surface area contributed by atoms with Crippen LogP contribution in [0.1, 0.15) is 25.3 Å². The van der Waals surface area contributed by atoms with Crippen LogP contribution in [0.2, 0.25) is 0 Å². The molecule has 0 radical (unpaired) electrons. The van der Waals surface area contributed by atoms with E-state index in [1.54, 1.807) is 19.4 Å². The molecule has 0 saturated heterocycles. The van der Waals surface area contributed by atoms with E-state index in [4.69, 9.17) is 4.74 Å². The number of hydrogen-bond acceptors (Lipinski definition) is 4. The molecule has 0 aliphatic rings. The fourth-order valence-corrected chi connectivity index (χ4v) is 0.915. The maximum absolute atomic E-state index is 10.7. The van der Waals surface area contributed by atoms with Gasteiger partial charge in [-0.05, 0) is 12.8 Å². The summed E-state index contributed by atoms with van der Waals surface area (Å²) in [6.07, 6.45) is 5.35. The third kappa shape index (κ3) is 3.73. The first-order valence-electron chi connectivity index (χ1n) is 4.36. The fourth-order valence-electron chi connectivity index (χ4n) is 0.915. The molecule has 0 saturated carbocycles. The highest BCUT2D eigenvalue weighted by Crippen LogP contribution is 2.01. The minimum Gasteiger partial charge on any atom is -0.466 e. The van der Waals surface area contributed by atoms with Crippen molar-refractivity contribution in [2.75, 3.05) is 6.61 Å². The summed E-state index contributed by atoms with van der Waals surface area (Å²) < 4.78 is 9.56. The van der Waals surface area contributed by atoms with Gasteiger partial charge in [0, 0.05) is 12.0 Å². The molecule has 0 spiro atoms. The number of aromatic nitrogens is 1. The van der Waals surface area contributed by atoms with Crippen LogP contribution in [0.15, 0.2) is 17.0 Å². The molecule has 1 aromatic rings. The zero-order chi connectivity index (χ0) is 9.52. The molecule has 1 aromatic heterocycles. The third-order valence-corrected chi connectivity index (χ3v) is 1.64. The monoisotopic (exact) mass is 183 g/mol. The van der Waals surface area contributed by atoms with E-state index in [1.165, 1.54) is 0 Å². The molecule has 0 aliphatic heterocycles. The van der Waals surface area contributed by atoms with Gasteiger partial charge in [0.25, 0.3) is 0 Å². The molecule has 13 heavy (non-hydrogen) atoms. The number of esters is 1. The van der Waals surface area contributed by atoms with Gasteiger partial charge in [0.1, 0.15) is 6.26 Å². The van der Waals surface area contributed by atoms with Gasteiger partial charge in [-0.3, -0.25) is 4.79 Å². The van der Waals surface area contributed by atoms with E-state index in [0.29, 0.717) is 13.0 Å². The summed E-state index contributed by atoms with van der Waals surface area (Å²) in [5.74, 6) is -0.148. The smallest absolute Gasteiger partial charge is 0.305 e. The molecule has 0 N–H and O–H groups in total. The number of aryl methyl sites for hydroxylation is 1. The first-order chi connectivity index (χ1) is 6.33. The van der Waals surface area contributed by atoms with E-state index < -0.39 is 0 Å². The van der Waals surface area contributed by atoms with Crippen LogP contribution in [0, 0.1) is 0 Å². The Balaban J connectivity index is 2.05. The highest BCUT2D eigenvalue weighted by Gasteiger charge is 1.99. The maximum Gasteiger partial charge on any atom is 0.305 e. The van der Waals surface area contributed by atoms with Gasteiger partial charge in [0.2, 0.25) is 0 Å². The number of rotatable bonds is 5. The fraction of sp³-hybridized carbons (Fsp3) is 0.556. The van der Waals surface area contributed by atoms with E-state index in [2.05, 4.69) is 9.68 Å². The van der Waals surface area contributed by atoms with Crippen molar-refractivity contribution in [1.82, 2.24) is 5.16 Å². The zero-order valence-corrected chi connectivity index (χ0v) is 7.66.